The van der Waals surface area contributed by atoms with Gasteiger partial charge >= 0.3 is 0 Å². The Morgan fingerprint density at radius 1 is 0.829 bits per heavy atom. The van der Waals surface area contributed by atoms with Crippen molar-refractivity contribution in [1.82, 2.24) is 9.97 Å². The first-order chi connectivity index (χ1) is 19.4. The Kier molecular flexibility index (Phi) is 9.70. The first kappa shape index (κ1) is 30.2. The molecule has 0 atom stereocenters. The number of aldehydes is 1. The number of Topliss-reactive ketones (excluding diaryl/α,β-unsaturated/α-hetero) is 2. The van der Waals surface area contributed by atoms with Crippen LogP contribution in [0, 0.1) is 18.6 Å². The maximum atomic E-state index is 13.2. The molecular weight excluding hydrogens is 530 g/mol. The maximum Gasteiger partial charge on any atom is 0.163 e. The molecule has 0 saturated heterocycles. The highest BCUT2D eigenvalue weighted by Crippen LogP contribution is 2.32. The SMILES string of the molecule is CC(=O)c1cncc(N)c1N.CC(=O)c1cncc2c1N=C(c1ccc(F)cc1C)C2.Nc1cc(F)ccc1C=O. The van der Waals surface area contributed by atoms with Gasteiger partial charge < -0.3 is 17.2 Å². The lowest BCUT2D eigenvalue weighted by Crippen LogP contribution is -2.04. The fraction of sp³-hybridized carbons (Fsp3) is 0.133. The van der Waals surface area contributed by atoms with E-state index < -0.39 is 5.82 Å². The van der Waals surface area contributed by atoms with Crippen molar-refractivity contribution in [2.45, 2.75) is 27.2 Å². The van der Waals surface area contributed by atoms with Crippen molar-refractivity contribution in [3.8, 4) is 0 Å². The molecule has 3 heterocycles. The largest absolute Gasteiger partial charge is 0.398 e. The number of rotatable bonds is 4. The number of hydrogen-bond donors (Lipinski definition) is 3. The van der Waals surface area contributed by atoms with E-state index in [0.29, 0.717) is 46.5 Å². The quantitative estimate of drug-likeness (QED) is 0.177. The number of nitrogens with zero attached hydrogens (tertiary/aromatic N) is 3. The van der Waals surface area contributed by atoms with E-state index in [1.54, 1.807) is 18.5 Å². The third-order valence-corrected chi connectivity index (χ3v) is 6.05. The lowest BCUT2D eigenvalue weighted by atomic mass is 10.00. The van der Waals surface area contributed by atoms with Crippen LogP contribution in [0.1, 0.15) is 61.6 Å². The van der Waals surface area contributed by atoms with Crippen molar-refractivity contribution in [2.75, 3.05) is 17.2 Å². The van der Waals surface area contributed by atoms with E-state index in [2.05, 4.69) is 15.0 Å². The van der Waals surface area contributed by atoms with Gasteiger partial charge in [-0.1, -0.05) is 0 Å². The number of aliphatic imine (C=N–C) groups is 1. The fourth-order valence-electron chi connectivity index (χ4n) is 3.90. The Balaban J connectivity index is 0.000000187. The van der Waals surface area contributed by atoms with Gasteiger partial charge in [-0.2, -0.15) is 0 Å². The predicted octanol–water partition coefficient (Wildman–Crippen LogP) is 5.08. The minimum absolute atomic E-state index is 0.0461. The molecule has 2 aromatic heterocycles. The highest BCUT2D eigenvalue weighted by atomic mass is 19.1. The van der Waals surface area contributed by atoms with Crippen LogP contribution in [0.15, 0.2) is 66.2 Å². The number of anilines is 3. The van der Waals surface area contributed by atoms with E-state index in [4.69, 9.17) is 17.2 Å². The number of hydrogen-bond acceptors (Lipinski definition) is 9. The molecule has 0 aliphatic carbocycles. The smallest absolute Gasteiger partial charge is 0.163 e. The summed E-state index contributed by atoms with van der Waals surface area (Å²) in [4.78, 5) is 45.0. The lowest BCUT2D eigenvalue weighted by molar-refractivity contribution is 0.100. The summed E-state index contributed by atoms with van der Waals surface area (Å²) in [5.74, 6) is -0.853. The van der Waals surface area contributed by atoms with Gasteiger partial charge in [-0.15, -0.1) is 0 Å². The molecule has 5 rings (SSSR count). The average molecular weight is 559 g/mol. The van der Waals surface area contributed by atoms with Gasteiger partial charge in [0.25, 0.3) is 0 Å². The van der Waals surface area contributed by atoms with Gasteiger partial charge in [0, 0.05) is 41.8 Å². The lowest BCUT2D eigenvalue weighted by Gasteiger charge is -2.04. The van der Waals surface area contributed by atoms with Crippen LogP contribution in [0.4, 0.5) is 31.5 Å². The van der Waals surface area contributed by atoms with Crippen molar-refractivity contribution in [1.29, 1.82) is 0 Å². The Labute approximate surface area is 235 Å². The van der Waals surface area contributed by atoms with E-state index in [9.17, 15) is 23.2 Å². The Morgan fingerprint density at radius 2 is 1.44 bits per heavy atom. The van der Waals surface area contributed by atoms with Crippen molar-refractivity contribution in [3.63, 3.8) is 0 Å². The molecule has 0 amide bonds. The van der Waals surface area contributed by atoms with Gasteiger partial charge in [-0.3, -0.25) is 29.3 Å². The van der Waals surface area contributed by atoms with Crippen LogP contribution >= 0.6 is 0 Å². The van der Waals surface area contributed by atoms with E-state index in [0.717, 1.165) is 28.5 Å². The summed E-state index contributed by atoms with van der Waals surface area (Å²) < 4.78 is 25.5. The summed E-state index contributed by atoms with van der Waals surface area (Å²) in [6, 6.07) is 8.31. The second-order valence-corrected chi connectivity index (χ2v) is 9.08. The second kappa shape index (κ2) is 13.2. The van der Waals surface area contributed by atoms with Crippen LogP contribution in [0.3, 0.4) is 0 Å². The average Bonchev–Trinajstić information content (AvgIpc) is 3.35. The number of nitrogens with two attached hydrogens (primary N) is 3. The van der Waals surface area contributed by atoms with Crippen LogP contribution in [-0.2, 0) is 6.42 Å². The Bertz CT molecular complexity index is 1670. The zero-order valence-corrected chi connectivity index (χ0v) is 22.6. The molecule has 9 nitrogen and oxygen atoms in total. The van der Waals surface area contributed by atoms with Crippen LogP contribution in [-0.4, -0.2) is 33.5 Å². The van der Waals surface area contributed by atoms with Gasteiger partial charge in [0.2, 0.25) is 0 Å². The second-order valence-electron chi connectivity index (χ2n) is 9.08. The van der Waals surface area contributed by atoms with Crippen molar-refractivity contribution < 1.29 is 23.2 Å². The highest BCUT2D eigenvalue weighted by Gasteiger charge is 2.22. The standard InChI is InChI=1S/C16H13FN2O.C7H6FNO.C7H9N3O/c1-9-5-12(17)3-4-13(9)15-6-11-7-18-8-14(10(2)20)16(11)19-15;8-6-2-1-5(4-10)7(9)3-6;1-4(11)5-2-10-3-6(8)7(5)9/h3-5,7-8H,6H2,1-2H3;1-4H,9H2;2-3H,8H2,1H3,(H2,9,10). The van der Waals surface area contributed by atoms with Gasteiger partial charge in [-0.25, -0.2) is 8.78 Å². The molecule has 1 aliphatic rings. The number of benzene rings is 2. The number of aromatic nitrogens is 2. The molecule has 0 spiro atoms. The van der Waals surface area contributed by atoms with Crippen molar-refractivity contribution >= 4 is 46.3 Å². The molecule has 2 aromatic carbocycles. The zero-order chi connectivity index (χ0) is 30.3. The van der Waals surface area contributed by atoms with Gasteiger partial charge in [0.05, 0.1) is 40.1 Å². The van der Waals surface area contributed by atoms with Crippen LogP contribution in [0.5, 0.6) is 0 Å². The Hall–Kier alpha value is -5.32. The summed E-state index contributed by atoms with van der Waals surface area (Å²) >= 11 is 0. The fourth-order valence-corrected chi connectivity index (χ4v) is 3.90. The molecule has 0 bridgehead atoms. The predicted molar refractivity (Wildman–Crippen MR) is 155 cm³/mol. The van der Waals surface area contributed by atoms with Crippen LogP contribution in [0.25, 0.3) is 0 Å². The van der Waals surface area contributed by atoms with E-state index in [1.807, 2.05) is 6.92 Å². The van der Waals surface area contributed by atoms with Crippen LogP contribution in [0.2, 0.25) is 0 Å². The van der Waals surface area contributed by atoms with Crippen molar-refractivity contribution in [2.24, 2.45) is 4.99 Å². The molecule has 6 N–H and O–H groups in total. The number of pyridine rings is 2. The highest BCUT2D eigenvalue weighted by molar-refractivity contribution is 6.10. The number of aryl methyl sites for hydroxylation is 1. The topological polar surface area (TPSA) is 167 Å². The van der Waals surface area contributed by atoms with E-state index in [-0.39, 0.29) is 23.1 Å². The molecular formula is C30H28F2N6O3. The van der Waals surface area contributed by atoms with Crippen molar-refractivity contribution in [3.05, 3.63) is 106 Å². The van der Waals surface area contributed by atoms with Crippen LogP contribution < -0.4 is 17.2 Å². The number of fused-ring (bicyclic) bond motifs is 1. The monoisotopic (exact) mass is 558 g/mol. The molecule has 11 heteroatoms. The van der Waals surface area contributed by atoms with E-state index >= 15 is 0 Å². The number of halogens is 2. The number of ketones is 2. The zero-order valence-electron chi connectivity index (χ0n) is 22.6. The van der Waals surface area contributed by atoms with E-state index in [1.165, 1.54) is 50.5 Å². The molecule has 41 heavy (non-hydrogen) atoms. The van der Waals surface area contributed by atoms with Gasteiger partial charge in [-0.05, 0) is 68.3 Å². The molecule has 1 aliphatic heterocycles. The third-order valence-electron chi connectivity index (χ3n) is 6.05. The maximum absolute atomic E-state index is 13.2. The minimum Gasteiger partial charge on any atom is -0.398 e. The van der Waals surface area contributed by atoms with Gasteiger partial charge in [0.15, 0.2) is 17.9 Å². The number of nitrogen functional groups attached to an aromatic ring is 3. The number of carbonyl (C=O) groups excluding carboxylic acids is 3. The molecule has 0 unspecified atom stereocenters. The third kappa shape index (κ3) is 7.41. The molecule has 0 fully saturated rings. The first-order valence-electron chi connectivity index (χ1n) is 12.2. The molecule has 0 saturated carbocycles. The summed E-state index contributed by atoms with van der Waals surface area (Å²) in [6.45, 7) is 4.79. The summed E-state index contributed by atoms with van der Waals surface area (Å²) in [5, 5.41) is 0. The Morgan fingerprint density at radius 3 is 2.02 bits per heavy atom. The summed E-state index contributed by atoms with van der Waals surface area (Å²) in [7, 11) is 0. The number of carbonyl (C=O) groups is 3. The summed E-state index contributed by atoms with van der Waals surface area (Å²) in [5.41, 5.74) is 22.5. The normalized spacial score (nSPS) is 11.2. The first-order valence-corrected chi connectivity index (χ1v) is 12.2. The molecule has 0 radical (unpaired) electrons. The molecule has 4 aromatic rings. The minimum atomic E-state index is -0.428. The van der Waals surface area contributed by atoms with Gasteiger partial charge in [0.1, 0.15) is 11.6 Å². The molecule has 210 valence electrons. The summed E-state index contributed by atoms with van der Waals surface area (Å²) in [6.07, 6.45) is 7.32.